The molecule has 0 aliphatic rings. The van der Waals surface area contributed by atoms with E-state index in [-0.39, 0.29) is 5.84 Å². The summed E-state index contributed by atoms with van der Waals surface area (Å²) in [6.45, 7) is 0.551. The van der Waals surface area contributed by atoms with Crippen LogP contribution in [0, 0.1) is 0 Å². The van der Waals surface area contributed by atoms with Crippen LogP contribution >= 0.6 is 23.2 Å². The molecule has 6 heteroatoms. The van der Waals surface area contributed by atoms with E-state index < -0.39 is 0 Å². The lowest BCUT2D eigenvalue weighted by Gasteiger charge is -2.22. The molecule has 2 aromatic rings. The van der Waals surface area contributed by atoms with Gasteiger partial charge in [0.1, 0.15) is 0 Å². The van der Waals surface area contributed by atoms with Gasteiger partial charge in [-0.3, -0.25) is 0 Å². The molecule has 0 saturated heterocycles. The number of hydrogen-bond acceptors (Lipinski definition) is 3. The Balaban J connectivity index is 2.33. The van der Waals surface area contributed by atoms with E-state index in [9.17, 15) is 0 Å². The molecule has 0 bridgehead atoms. The zero-order valence-corrected chi connectivity index (χ0v) is 12.9. The highest BCUT2D eigenvalue weighted by molar-refractivity contribution is 6.42. The van der Waals surface area contributed by atoms with Crippen molar-refractivity contribution in [2.45, 2.75) is 6.54 Å². The Bertz CT molecular complexity index is 674. The van der Waals surface area contributed by atoms with E-state index in [1.165, 1.54) is 0 Å². The maximum Gasteiger partial charge on any atom is 0.172 e. The first kappa shape index (κ1) is 15.5. The summed E-state index contributed by atoms with van der Waals surface area (Å²) in [5.74, 6) is 0.0645. The van der Waals surface area contributed by atoms with Gasteiger partial charge < -0.3 is 15.8 Å². The highest BCUT2D eigenvalue weighted by Crippen LogP contribution is 2.28. The Labute approximate surface area is 133 Å². The van der Waals surface area contributed by atoms with Crippen LogP contribution in [-0.4, -0.2) is 18.1 Å². The van der Waals surface area contributed by atoms with Crippen LogP contribution in [0.5, 0.6) is 0 Å². The molecule has 2 rings (SSSR count). The summed E-state index contributed by atoms with van der Waals surface area (Å²) >= 11 is 12.2. The zero-order chi connectivity index (χ0) is 15.4. The monoisotopic (exact) mass is 323 g/mol. The average Bonchev–Trinajstić information content (AvgIpc) is 2.51. The molecule has 21 heavy (non-hydrogen) atoms. The van der Waals surface area contributed by atoms with Crippen LogP contribution in [0.1, 0.15) is 11.1 Å². The number of hydrogen-bond donors (Lipinski definition) is 2. The molecule has 0 atom stereocenters. The third-order valence-corrected chi connectivity index (χ3v) is 4.00. The quantitative estimate of drug-likeness (QED) is 0.390. The third kappa shape index (κ3) is 3.40. The summed E-state index contributed by atoms with van der Waals surface area (Å²) in [7, 11) is 1.90. The summed E-state index contributed by atoms with van der Waals surface area (Å²) in [6, 6.07) is 12.9. The van der Waals surface area contributed by atoms with Gasteiger partial charge in [-0.15, -0.1) is 0 Å². The fourth-order valence-electron chi connectivity index (χ4n) is 2.09. The van der Waals surface area contributed by atoms with Crippen LogP contribution < -0.4 is 10.6 Å². The SMILES string of the molecule is CN(Cc1cccc(Cl)c1Cl)c1ccccc1/C(N)=N/O. The normalized spacial score (nSPS) is 11.5. The lowest BCUT2D eigenvalue weighted by Crippen LogP contribution is -2.22. The van der Waals surface area contributed by atoms with Gasteiger partial charge in [0.2, 0.25) is 0 Å². The summed E-state index contributed by atoms with van der Waals surface area (Å²) in [6.07, 6.45) is 0. The molecule has 0 unspecified atom stereocenters. The lowest BCUT2D eigenvalue weighted by atomic mass is 10.1. The van der Waals surface area contributed by atoms with Gasteiger partial charge in [0, 0.05) is 24.8 Å². The fourth-order valence-corrected chi connectivity index (χ4v) is 2.47. The maximum atomic E-state index is 8.87. The van der Waals surface area contributed by atoms with E-state index >= 15 is 0 Å². The van der Waals surface area contributed by atoms with Crippen molar-refractivity contribution >= 4 is 34.7 Å². The molecule has 2 aromatic carbocycles. The van der Waals surface area contributed by atoms with E-state index in [1.807, 2.05) is 42.3 Å². The van der Waals surface area contributed by atoms with E-state index in [1.54, 1.807) is 12.1 Å². The highest BCUT2D eigenvalue weighted by atomic mass is 35.5. The molecule has 3 N–H and O–H groups in total. The van der Waals surface area contributed by atoms with Crippen molar-refractivity contribution in [1.82, 2.24) is 0 Å². The second-order valence-electron chi connectivity index (χ2n) is 4.57. The van der Waals surface area contributed by atoms with E-state index in [2.05, 4.69) is 5.16 Å². The summed E-state index contributed by atoms with van der Waals surface area (Å²) in [5, 5.41) is 13.0. The van der Waals surface area contributed by atoms with Crippen LogP contribution in [0.2, 0.25) is 10.0 Å². The van der Waals surface area contributed by atoms with Crippen molar-refractivity contribution < 1.29 is 5.21 Å². The Kier molecular flexibility index (Phi) is 4.94. The smallest absolute Gasteiger partial charge is 0.172 e. The van der Waals surface area contributed by atoms with Crippen molar-refractivity contribution in [3.63, 3.8) is 0 Å². The fraction of sp³-hybridized carbons (Fsp3) is 0.133. The van der Waals surface area contributed by atoms with Crippen molar-refractivity contribution in [3.8, 4) is 0 Å². The largest absolute Gasteiger partial charge is 0.409 e. The van der Waals surface area contributed by atoms with Crippen LogP contribution in [0.25, 0.3) is 0 Å². The Morgan fingerprint density at radius 3 is 2.62 bits per heavy atom. The molecule has 0 spiro atoms. The number of para-hydroxylation sites is 1. The molecule has 0 saturated carbocycles. The van der Waals surface area contributed by atoms with E-state index in [4.69, 9.17) is 34.1 Å². The standard InChI is InChI=1S/C15H15Cl2N3O/c1-20(9-10-5-4-7-12(16)14(10)17)13-8-3-2-6-11(13)15(18)19-21/h2-8,21H,9H2,1H3,(H2,18,19). The Morgan fingerprint density at radius 2 is 1.90 bits per heavy atom. The number of anilines is 1. The molecule has 0 aliphatic carbocycles. The number of benzene rings is 2. The van der Waals surface area contributed by atoms with Gasteiger partial charge in [-0.1, -0.05) is 52.6 Å². The van der Waals surface area contributed by atoms with Crippen LogP contribution in [0.4, 0.5) is 5.69 Å². The van der Waals surface area contributed by atoms with Crippen molar-refractivity contribution in [2.24, 2.45) is 10.9 Å². The average molecular weight is 324 g/mol. The molecule has 0 aromatic heterocycles. The van der Waals surface area contributed by atoms with Gasteiger partial charge in [0.25, 0.3) is 0 Å². The summed E-state index contributed by atoms with van der Waals surface area (Å²) < 4.78 is 0. The molecule has 0 heterocycles. The van der Waals surface area contributed by atoms with Crippen LogP contribution in [-0.2, 0) is 6.54 Å². The minimum atomic E-state index is 0.0645. The number of halogens is 2. The number of rotatable bonds is 4. The predicted octanol–water partition coefficient (Wildman–Crippen LogP) is 3.72. The zero-order valence-electron chi connectivity index (χ0n) is 11.4. The van der Waals surface area contributed by atoms with Gasteiger partial charge in [0.15, 0.2) is 5.84 Å². The van der Waals surface area contributed by atoms with Crippen LogP contribution in [0.15, 0.2) is 47.6 Å². The first-order valence-electron chi connectivity index (χ1n) is 6.25. The first-order valence-corrected chi connectivity index (χ1v) is 7.01. The second-order valence-corrected chi connectivity index (χ2v) is 5.36. The lowest BCUT2D eigenvalue weighted by molar-refractivity contribution is 0.318. The summed E-state index contributed by atoms with van der Waals surface area (Å²) in [4.78, 5) is 1.96. The third-order valence-electron chi connectivity index (χ3n) is 3.14. The molecular weight excluding hydrogens is 309 g/mol. The molecule has 110 valence electrons. The number of amidine groups is 1. The molecule has 0 radical (unpaired) electrons. The highest BCUT2D eigenvalue weighted by Gasteiger charge is 2.13. The van der Waals surface area contributed by atoms with Crippen molar-refractivity contribution in [2.75, 3.05) is 11.9 Å². The Hall–Kier alpha value is -1.91. The minimum Gasteiger partial charge on any atom is -0.409 e. The van der Waals surface area contributed by atoms with Gasteiger partial charge in [-0.05, 0) is 23.8 Å². The molecule has 0 aliphatic heterocycles. The maximum absolute atomic E-state index is 8.87. The van der Waals surface area contributed by atoms with E-state index in [0.29, 0.717) is 22.2 Å². The van der Waals surface area contributed by atoms with E-state index in [0.717, 1.165) is 11.3 Å². The van der Waals surface area contributed by atoms with Crippen molar-refractivity contribution in [3.05, 3.63) is 63.6 Å². The number of nitrogens with zero attached hydrogens (tertiary/aromatic N) is 2. The van der Waals surface area contributed by atoms with Gasteiger partial charge in [-0.25, -0.2) is 0 Å². The molecule has 4 nitrogen and oxygen atoms in total. The topological polar surface area (TPSA) is 61.8 Å². The molecular formula is C15H15Cl2N3O. The molecule has 0 amide bonds. The van der Waals surface area contributed by atoms with Crippen molar-refractivity contribution in [1.29, 1.82) is 0 Å². The summed E-state index contributed by atoms with van der Waals surface area (Å²) in [5.41, 5.74) is 8.10. The van der Waals surface area contributed by atoms with Crippen LogP contribution in [0.3, 0.4) is 0 Å². The van der Waals surface area contributed by atoms with Gasteiger partial charge >= 0.3 is 0 Å². The first-order chi connectivity index (χ1) is 10.0. The second kappa shape index (κ2) is 6.70. The van der Waals surface area contributed by atoms with Gasteiger partial charge in [-0.2, -0.15) is 0 Å². The Morgan fingerprint density at radius 1 is 1.19 bits per heavy atom. The number of nitrogens with two attached hydrogens (primary N) is 1. The number of oxime groups is 1. The minimum absolute atomic E-state index is 0.0645. The predicted molar refractivity (Wildman–Crippen MR) is 87.5 cm³/mol. The molecule has 0 fully saturated rings. The van der Waals surface area contributed by atoms with Gasteiger partial charge in [0.05, 0.1) is 10.0 Å².